The second-order valence-electron chi connectivity index (χ2n) is 9.66. The number of hydrogen-bond donors (Lipinski definition) is 2. The fourth-order valence-electron chi connectivity index (χ4n) is 4.20. The van der Waals surface area contributed by atoms with Crippen LogP contribution >= 0.6 is 0 Å². The Morgan fingerprint density at radius 1 is 1.14 bits per heavy atom. The number of ether oxygens (including phenoxy) is 1. The predicted molar refractivity (Wildman–Crippen MR) is 136 cm³/mol. The van der Waals surface area contributed by atoms with E-state index in [-0.39, 0.29) is 35.7 Å². The lowest BCUT2D eigenvalue weighted by atomic mass is 10.0. The quantitative estimate of drug-likeness (QED) is 0.412. The predicted octanol–water partition coefficient (Wildman–Crippen LogP) is 1.60. The fourth-order valence-corrected chi connectivity index (χ4v) is 6.23. The van der Waals surface area contributed by atoms with E-state index in [9.17, 15) is 23.1 Å². The molecule has 0 aliphatic carbocycles. The summed E-state index contributed by atoms with van der Waals surface area (Å²) in [5.74, 6) is -2.47. The van der Waals surface area contributed by atoms with E-state index in [2.05, 4.69) is 15.5 Å². The summed E-state index contributed by atoms with van der Waals surface area (Å²) in [4.78, 5) is 32.0. The number of rotatable bonds is 12. The number of aliphatic hydroxyl groups excluding tert-OH is 1. The number of nitrogens with zero attached hydrogens (tertiary/aromatic N) is 3. The molecule has 204 valence electrons. The highest BCUT2D eigenvalue weighted by Gasteiger charge is 2.33. The van der Waals surface area contributed by atoms with Crippen molar-refractivity contribution in [2.75, 3.05) is 37.8 Å². The minimum absolute atomic E-state index is 0.000578. The van der Waals surface area contributed by atoms with Gasteiger partial charge in [-0.2, -0.15) is 4.98 Å². The second kappa shape index (κ2) is 13.1. The summed E-state index contributed by atoms with van der Waals surface area (Å²) >= 11 is 0. The normalized spacial score (nSPS) is 16.8. The monoisotopic (exact) mass is 536 g/mol. The van der Waals surface area contributed by atoms with Gasteiger partial charge in [-0.25, -0.2) is 8.42 Å². The lowest BCUT2D eigenvalue weighted by Crippen LogP contribution is -2.47. The Morgan fingerprint density at radius 2 is 1.81 bits per heavy atom. The lowest BCUT2D eigenvalue weighted by Gasteiger charge is -2.29. The van der Waals surface area contributed by atoms with E-state index < -0.39 is 39.6 Å². The third-order valence-electron chi connectivity index (χ3n) is 6.07. The van der Waals surface area contributed by atoms with Crippen molar-refractivity contribution in [3.8, 4) is 11.5 Å². The van der Waals surface area contributed by atoms with E-state index in [1.807, 2.05) is 18.2 Å². The molecule has 1 fully saturated rings. The van der Waals surface area contributed by atoms with E-state index in [1.165, 1.54) is 0 Å². The van der Waals surface area contributed by atoms with Crippen LogP contribution in [-0.4, -0.2) is 84.2 Å². The van der Waals surface area contributed by atoms with Crippen LogP contribution in [0.1, 0.15) is 45.5 Å². The number of nitrogens with one attached hydrogen (secondary N) is 1. The minimum atomic E-state index is -3.60. The van der Waals surface area contributed by atoms with Gasteiger partial charge in [0, 0.05) is 25.1 Å². The van der Waals surface area contributed by atoms with Crippen molar-refractivity contribution in [1.82, 2.24) is 20.4 Å². The summed E-state index contributed by atoms with van der Waals surface area (Å²) in [7, 11) is -3.60. The molecule has 0 radical (unpaired) electrons. The number of carbonyl (C=O) groups is 2. The van der Waals surface area contributed by atoms with Gasteiger partial charge in [0.25, 0.3) is 5.89 Å². The van der Waals surface area contributed by atoms with Crippen molar-refractivity contribution >= 4 is 21.7 Å². The molecule has 1 aliphatic heterocycles. The highest BCUT2D eigenvalue weighted by atomic mass is 32.2. The van der Waals surface area contributed by atoms with E-state index in [0.717, 1.165) is 0 Å². The summed E-state index contributed by atoms with van der Waals surface area (Å²) < 4.78 is 36.1. The molecule has 2 N–H and O–H groups in total. The molecule has 0 spiro atoms. The van der Waals surface area contributed by atoms with Gasteiger partial charge < -0.3 is 24.6 Å². The molecule has 2 unspecified atom stereocenters. The minimum Gasteiger partial charge on any atom is -0.383 e. The fraction of sp³-hybridized carbons (Fsp3) is 0.600. The average Bonchev–Trinajstić information content (AvgIpc) is 3.37. The van der Waals surface area contributed by atoms with E-state index in [0.29, 0.717) is 38.3 Å². The first kappa shape index (κ1) is 28.7. The SMILES string of the molecule is CCC(NC(=O)C(CC(=O)N1CCOCC1)CS(=O)(=O)CC(C)C)[C@H](O)c1noc(-c2ccccc2)n1. The molecular weight excluding hydrogens is 500 g/mol. The number of carbonyl (C=O) groups excluding carboxylic acids is 2. The highest BCUT2D eigenvalue weighted by molar-refractivity contribution is 7.91. The summed E-state index contributed by atoms with van der Waals surface area (Å²) in [5.41, 5.74) is 0.683. The van der Waals surface area contributed by atoms with Crippen molar-refractivity contribution in [2.45, 2.75) is 45.8 Å². The largest absolute Gasteiger partial charge is 0.383 e. The molecule has 0 saturated carbocycles. The number of aliphatic hydroxyl groups is 1. The maximum absolute atomic E-state index is 13.3. The number of morpholine rings is 1. The first-order valence-electron chi connectivity index (χ1n) is 12.5. The molecule has 3 atom stereocenters. The van der Waals surface area contributed by atoms with Gasteiger partial charge >= 0.3 is 0 Å². The van der Waals surface area contributed by atoms with Gasteiger partial charge in [0.2, 0.25) is 17.6 Å². The van der Waals surface area contributed by atoms with Crippen LogP contribution in [0.2, 0.25) is 0 Å². The number of benzene rings is 1. The molecule has 0 bridgehead atoms. The molecule has 3 rings (SSSR count). The van der Waals surface area contributed by atoms with Gasteiger partial charge in [0.05, 0.1) is 36.7 Å². The van der Waals surface area contributed by atoms with Crippen LogP contribution in [0.3, 0.4) is 0 Å². The van der Waals surface area contributed by atoms with E-state index >= 15 is 0 Å². The zero-order chi connectivity index (χ0) is 27.0. The third-order valence-corrected chi connectivity index (χ3v) is 8.16. The van der Waals surface area contributed by atoms with Gasteiger partial charge in [-0.1, -0.05) is 44.1 Å². The molecule has 37 heavy (non-hydrogen) atoms. The van der Waals surface area contributed by atoms with E-state index in [4.69, 9.17) is 9.26 Å². The van der Waals surface area contributed by atoms with Crippen molar-refractivity contribution in [2.24, 2.45) is 11.8 Å². The van der Waals surface area contributed by atoms with Crippen LogP contribution < -0.4 is 5.32 Å². The lowest BCUT2D eigenvalue weighted by molar-refractivity contribution is -0.139. The molecule has 1 saturated heterocycles. The molecule has 2 amide bonds. The zero-order valence-corrected chi connectivity index (χ0v) is 22.3. The molecule has 2 heterocycles. The Hall–Kier alpha value is -2.83. The number of sulfone groups is 1. The first-order valence-corrected chi connectivity index (χ1v) is 14.3. The van der Waals surface area contributed by atoms with Crippen molar-refractivity contribution in [3.05, 3.63) is 36.2 Å². The standard InChI is InChI=1S/C25H36N4O7S/c1-4-20(22(31)23-27-25(36-28-23)18-8-6-5-7-9-18)26-24(32)19(16-37(33,34)15-17(2)3)14-21(30)29-10-12-35-13-11-29/h5-9,17,19-20,22,31H,4,10-16H2,1-3H3,(H,26,32)/t19?,20?,22-/m0/s1. The van der Waals surface area contributed by atoms with Crippen molar-refractivity contribution in [1.29, 1.82) is 0 Å². The Bertz CT molecular complexity index is 1130. The highest BCUT2D eigenvalue weighted by Crippen LogP contribution is 2.22. The molecular formula is C25H36N4O7S. The van der Waals surface area contributed by atoms with E-state index in [1.54, 1.807) is 37.8 Å². The maximum atomic E-state index is 13.3. The number of aromatic nitrogens is 2. The number of hydrogen-bond acceptors (Lipinski definition) is 9. The van der Waals surface area contributed by atoms with Gasteiger partial charge in [-0.15, -0.1) is 0 Å². The molecule has 1 aliphatic rings. The Labute approximate surface area is 217 Å². The Kier molecular flexibility index (Phi) is 10.2. The van der Waals surface area contributed by atoms with Crippen LogP contribution in [-0.2, 0) is 24.2 Å². The average molecular weight is 537 g/mol. The number of amides is 2. The first-order chi connectivity index (χ1) is 17.6. The van der Waals surface area contributed by atoms with Crippen LogP contribution in [0.4, 0.5) is 0 Å². The molecule has 2 aromatic rings. The summed E-state index contributed by atoms with van der Waals surface area (Å²) in [6.07, 6.45) is -1.24. The van der Waals surface area contributed by atoms with Gasteiger partial charge in [0.15, 0.2) is 9.84 Å². The topological polar surface area (TPSA) is 152 Å². The zero-order valence-electron chi connectivity index (χ0n) is 21.5. The summed E-state index contributed by atoms with van der Waals surface area (Å²) in [6.45, 7) is 6.90. The molecule has 12 heteroatoms. The van der Waals surface area contributed by atoms with Gasteiger partial charge in [-0.05, 0) is 24.5 Å². The van der Waals surface area contributed by atoms with Crippen molar-refractivity contribution < 1.29 is 32.4 Å². The van der Waals surface area contributed by atoms with Crippen LogP contribution in [0.25, 0.3) is 11.5 Å². The smallest absolute Gasteiger partial charge is 0.258 e. The molecule has 11 nitrogen and oxygen atoms in total. The van der Waals surface area contributed by atoms with Crippen LogP contribution in [0.5, 0.6) is 0 Å². The second-order valence-corrected chi connectivity index (χ2v) is 11.8. The third kappa shape index (κ3) is 8.34. The van der Waals surface area contributed by atoms with Crippen LogP contribution in [0, 0.1) is 11.8 Å². The summed E-state index contributed by atoms with van der Waals surface area (Å²) in [5, 5.41) is 17.5. The van der Waals surface area contributed by atoms with Gasteiger partial charge in [0.1, 0.15) is 6.10 Å². The molecule has 1 aromatic carbocycles. The van der Waals surface area contributed by atoms with Gasteiger partial charge in [-0.3, -0.25) is 9.59 Å². The van der Waals surface area contributed by atoms with Crippen LogP contribution in [0.15, 0.2) is 34.9 Å². The summed E-state index contributed by atoms with van der Waals surface area (Å²) in [6, 6.07) is 8.24. The van der Waals surface area contributed by atoms with Crippen molar-refractivity contribution in [3.63, 3.8) is 0 Å². The molecule has 1 aromatic heterocycles. The Balaban J connectivity index is 1.74. The Morgan fingerprint density at radius 3 is 2.43 bits per heavy atom. The maximum Gasteiger partial charge on any atom is 0.258 e.